The predicted octanol–water partition coefficient (Wildman–Crippen LogP) is 1.63. The summed E-state index contributed by atoms with van der Waals surface area (Å²) >= 11 is 1.53. The maximum absolute atomic E-state index is 12.4. The number of rotatable bonds is 5. The minimum atomic E-state index is 0.0687. The van der Waals surface area contributed by atoms with Gasteiger partial charge >= 0.3 is 0 Å². The number of nitrogens with zero attached hydrogens (tertiary/aromatic N) is 3. The first-order valence-corrected chi connectivity index (χ1v) is 7.98. The van der Waals surface area contributed by atoms with Crippen LogP contribution in [0.4, 0.5) is 0 Å². The van der Waals surface area contributed by atoms with E-state index < -0.39 is 0 Å². The van der Waals surface area contributed by atoms with E-state index in [1.807, 2.05) is 17.2 Å². The predicted molar refractivity (Wildman–Crippen MR) is 80.3 cm³/mol. The summed E-state index contributed by atoms with van der Waals surface area (Å²) in [6, 6.07) is 0.419. The molecule has 1 aromatic rings. The molecule has 0 bridgehead atoms. The Balaban J connectivity index is 1.97. The Morgan fingerprint density at radius 3 is 2.95 bits per heavy atom. The Hall–Kier alpha value is -0.980. The number of piperazine rings is 1. The van der Waals surface area contributed by atoms with E-state index in [1.165, 1.54) is 11.3 Å². The molecule has 0 aliphatic carbocycles. The minimum absolute atomic E-state index is 0.0687. The van der Waals surface area contributed by atoms with Crippen molar-refractivity contribution in [2.24, 2.45) is 0 Å². The van der Waals surface area contributed by atoms with Crippen molar-refractivity contribution in [3.63, 3.8) is 0 Å². The third-order valence-corrected chi connectivity index (χ3v) is 4.56. The van der Waals surface area contributed by atoms with Gasteiger partial charge in [0.05, 0.1) is 11.6 Å². The molecule has 1 saturated heterocycles. The molecule has 0 saturated carbocycles. The molecule has 1 amide bonds. The van der Waals surface area contributed by atoms with Crippen molar-refractivity contribution in [3.8, 4) is 0 Å². The summed E-state index contributed by atoms with van der Waals surface area (Å²) in [6.07, 6.45) is 1.05. The van der Waals surface area contributed by atoms with Crippen molar-refractivity contribution in [1.82, 2.24) is 14.8 Å². The van der Waals surface area contributed by atoms with Crippen molar-refractivity contribution in [2.75, 3.05) is 39.9 Å². The van der Waals surface area contributed by atoms with E-state index in [0.29, 0.717) is 11.7 Å². The lowest BCUT2D eigenvalue weighted by Gasteiger charge is -2.40. The highest BCUT2D eigenvalue weighted by atomic mass is 32.1. The minimum Gasteiger partial charge on any atom is -0.383 e. The van der Waals surface area contributed by atoms with Gasteiger partial charge in [-0.3, -0.25) is 9.69 Å². The summed E-state index contributed by atoms with van der Waals surface area (Å²) in [7, 11) is 1.73. The van der Waals surface area contributed by atoms with E-state index in [-0.39, 0.29) is 5.91 Å². The van der Waals surface area contributed by atoms with Gasteiger partial charge in [0.1, 0.15) is 5.69 Å². The maximum Gasteiger partial charge on any atom is 0.273 e. The van der Waals surface area contributed by atoms with Gasteiger partial charge in [0.15, 0.2) is 0 Å². The molecule has 2 heterocycles. The third kappa shape index (κ3) is 3.56. The molecule has 1 aliphatic rings. The first kappa shape index (κ1) is 15.4. The average molecular weight is 297 g/mol. The van der Waals surface area contributed by atoms with Crippen LogP contribution in [0.3, 0.4) is 0 Å². The van der Waals surface area contributed by atoms with Gasteiger partial charge in [0.2, 0.25) is 0 Å². The lowest BCUT2D eigenvalue weighted by Crippen LogP contribution is -2.55. The number of hydrogen-bond donors (Lipinski definition) is 0. The second-order valence-electron chi connectivity index (χ2n) is 5.09. The summed E-state index contributed by atoms with van der Waals surface area (Å²) in [5.74, 6) is 0.0687. The summed E-state index contributed by atoms with van der Waals surface area (Å²) < 4.78 is 5.15. The van der Waals surface area contributed by atoms with E-state index >= 15 is 0 Å². The summed E-state index contributed by atoms with van der Waals surface area (Å²) in [4.78, 5) is 21.1. The molecule has 20 heavy (non-hydrogen) atoms. The van der Waals surface area contributed by atoms with Crippen LogP contribution >= 0.6 is 11.3 Å². The van der Waals surface area contributed by atoms with Gasteiger partial charge in [0, 0.05) is 44.7 Å². The Kier molecular flexibility index (Phi) is 5.51. The molecule has 1 fully saturated rings. The molecule has 1 aliphatic heterocycles. The van der Waals surface area contributed by atoms with E-state index in [0.717, 1.165) is 44.2 Å². The standard InChI is InChI=1S/C14H23N3O2S/c1-4-12-9-17(6-5-16(12)7-8-19-3)14(18)13-10-20-11(2)15-13/h10,12H,4-9H2,1-3H3. The average Bonchev–Trinajstić information content (AvgIpc) is 2.90. The Morgan fingerprint density at radius 1 is 1.55 bits per heavy atom. The molecule has 1 unspecified atom stereocenters. The smallest absolute Gasteiger partial charge is 0.273 e. The fraction of sp³-hybridized carbons (Fsp3) is 0.714. The number of carbonyl (C=O) groups excluding carboxylic acids is 1. The molecule has 5 nitrogen and oxygen atoms in total. The van der Waals surface area contributed by atoms with Gasteiger partial charge in [-0.05, 0) is 13.3 Å². The first-order valence-electron chi connectivity index (χ1n) is 7.10. The van der Waals surface area contributed by atoms with Crippen LogP contribution in [0.25, 0.3) is 0 Å². The highest BCUT2D eigenvalue weighted by Gasteiger charge is 2.29. The van der Waals surface area contributed by atoms with Crippen molar-refractivity contribution < 1.29 is 9.53 Å². The molecule has 0 spiro atoms. The molecule has 0 radical (unpaired) electrons. The number of ether oxygens (including phenoxy) is 1. The number of methoxy groups -OCH3 is 1. The molecule has 1 atom stereocenters. The fourth-order valence-electron chi connectivity index (χ4n) is 2.59. The third-order valence-electron chi connectivity index (χ3n) is 3.78. The van der Waals surface area contributed by atoms with Crippen LogP contribution in [0.2, 0.25) is 0 Å². The molecule has 112 valence electrons. The van der Waals surface area contributed by atoms with Crippen LogP contribution < -0.4 is 0 Å². The zero-order valence-electron chi connectivity index (χ0n) is 12.5. The van der Waals surface area contributed by atoms with E-state index in [2.05, 4.69) is 16.8 Å². The van der Waals surface area contributed by atoms with Crippen LogP contribution in [0.1, 0.15) is 28.8 Å². The van der Waals surface area contributed by atoms with E-state index in [4.69, 9.17) is 4.74 Å². The summed E-state index contributed by atoms with van der Waals surface area (Å²) in [5.41, 5.74) is 0.590. The second kappa shape index (κ2) is 7.15. The second-order valence-corrected chi connectivity index (χ2v) is 6.16. The number of aromatic nitrogens is 1. The van der Waals surface area contributed by atoms with Gasteiger partial charge in [0.25, 0.3) is 5.91 Å². The lowest BCUT2D eigenvalue weighted by atomic mass is 10.1. The molecule has 1 aromatic heterocycles. The van der Waals surface area contributed by atoms with Gasteiger partial charge < -0.3 is 9.64 Å². The quantitative estimate of drug-likeness (QED) is 0.829. The highest BCUT2D eigenvalue weighted by Crippen LogP contribution is 2.16. The van der Waals surface area contributed by atoms with Crippen LogP contribution in [0.15, 0.2) is 5.38 Å². The largest absolute Gasteiger partial charge is 0.383 e. The highest BCUT2D eigenvalue weighted by molar-refractivity contribution is 7.09. The van der Waals surface area contributed by atoms with Crippen molar-refractivity contribution >= 4 is 17.2 Å². The number of thiazole rings is 1. The van der Waals surface area contributed by atoms with Crippen molar-refractivity contribution in [2.45, 2.75) is 26.3 Å². The van der Waals surface area contributed by atoms with Crippen molar-refractivity contribution in [3.05, 3.63) is 16.1 Å². The van der Waals surface area contributed by atoms with E-state index in [9.17, 15) is 4.79 Å². The van der Waals surface area contributed by atoms with Crippen LogP contribution in [0.5, 0.6) is 0 Å². The Bertz CT molecular complexity index is 449. The number of aryl methyl sites for hydroxylation is 1. The molecule has 2 rings (SSSR count). The zero-order chi connectivity index (χ0) is 14.5. The molecule has 0 N–H and O–H groups in total. The van der Waals surface area contributed by atoms with Gasteiger partial charge in [-0.15, -0.1) is 11.3 Å². The topological polar surface area (TPSA) is 45.7 Å². The van der Waals surface area contributed by atoms with Crippen LogP contribution in [-0.2, 0) is 4.74 Å². The number of carbonyl (C=O) groups is 1. The van der Waals surface area contributed by atoms with E-state index in [1.54, 1.807) is 7.11 Å². The zero-order valence-corrected chi connectivity index (χ0v) is 13.3. The van der Waals surface area contributed by atoms with Gasteiger partial charge in [-0.1, -0.05) is 6.92 Å². The summed E-state index contributed by atoms with van der Waals surface area (Å²) in [5, 5.41) is 2.80. The molecular formula is C14H23N3O2S. The summed E-state index contributed by atoms with van der Waals surface area (Å²) in [6.45, 7) is 8.26. The Morgan fingerprint density at radius 2 is 2.35 bits per heavy atom. The fourth-order valence-corrected chi connectivity index (χ4v) is 3.18. The van der Waals surface area contributed by atoms with Crippen LogP contribution in [0, 0.1) is 6.92 Å². The number of amides is 1. The monoisotopic (exact) mass is 297 g/mol. The lowest BCUT2D eigenvalue weighted by molar-refractivity contribution is 0.0381. The molecule has 6 heteroatoms. The van der Waals surface area contributed by atoms with Crippen molar-refractivity contribution in [1.29, 1.82) is 0 Å². The SMILES string of the molecule is CCC1CN(C(=O)c2csc(C)n2)CCN1CCOC. The van der Waals surface area contributed by atoms with Gasteiger partial charge in [-0.25, -0.2) is 4.98 Å². The molecule has 0 aromatic carbocycles. The van der Waals surface area contributed by atoms with Gasteiger partial charge in [-0.2, -0.15) is 0 Å². The normalized spacial score (nSPS) is 20.4. The number of hydrogen-bond acceptors (Lipinski definition) is 5. The maximum atomic E-state index is 12.4. The van der Waals surface area contributed by atoms with Crippen LogP contribution in [-0.4, -0.2) is 66.6 Å². The Labute approximate surface area is 124 Å². The molecular weight excluding hydrogens is 274 g/mol. The first-order chi connectivity index (χ1) is 9.65.